The normalized spacial score (nSPS) is 10.4. The smallest absolute Gasteiger partial charge is 0.387 e. The van der Waals surface area contributed by atoms with E-state index in [0.29, 0.717) is 5.56 Å². The van der Waals surface area contributed by atoms with Crippen LogP contribution in [0.25, 0.3) is 0 Å². The number of carbonyl (C=O) groups excluding carboxylic acids is 2. The molecule has 144 valence electrons. The minimum atomic E-state index is -2.89. The Morgan fingerprint density at radius 1 is 0.852 bits per heavy atom. The molecule has 0 aromatic heterocycles. The number of nitrogens with one attached hydrogen (secondary N) is 3. The monoisotopic (exact) mass is 381 g/mol. The van der Waals surface area contributed by atoms with E-state index in [1.165, 1.54) is 24.3 Å². The first kappa shape index (κ1) is 20.1. The van der Waals surface area contributed by atoms with Gasteiger partial charge in [0, 0.05) is 13.1 Å². The SMILES string of the molecule is O=C(CNC(=O)NCc1ccc(F)cc1)NCc1ccc(OC(F)F)cc1. The van der Waals surface area contributed by atoms with Gasteiger partial charge >= 0.3 is 12.6 Å². The van der Waals surface area contributed by atoms with E-state index in [0.717, 1.165) is 5.56 Å². The summed E-state index contributed by atoms with van der Waals surface area (Å²) in [7, 11) is 0. The molecule has 0 spiro atoms. The molecule has 2 aromatic rings. The fourth-order valence-electron chi connectivity index (χ4n) is 2.06. The molecule has 0 unspecified atom stereocenters. The Balaban J connectivity index is 1.65. The molecule has 0 atom stereocenters. The van der Waals surface area contributed by atoms with E-state index in [4.69, 9.17) is 0 Å². The summed E-state index contributed by atoms with van der Waals surface area (Å²) in [5.74, 6) is -0.754. The fourth-order valence-corrected chi connectivity index (χ4v) is 2.06. The van der Waals surface area contributed by atoms with Crippen molar-refractivity contribution in [2.45, 2.75) is 19.7 Å². The van der Waals surface area contributed by atoms with E-state index in [1.54, 1.807) is 24.3 Å². The highest BCUT2D eigenvalue weighted by Gasteiger charge is 2.07. The molecule has 2 aromatic carbocycles. The summed E-state index contributed by atoms with van der Waals surface area (Å²) in [6.07, 6.45) is 0. The Bertz CT molecular complexity index is 753. The van der Waals surface area contributed by atoms with Crippen molar-refractivity contribution in [3.8, 4) is 5.75 Å². The lowest BCUT2D eigenvalue weighted by Crippen LogP contribution is -2.41. The second-order valence-electron chi connectivity index (χ2n) is 5.46. The maximum Gasteiger partial charge on any atom is 0.387 e. The number of hydrogen-bond donors (Lipinski definition) is 3. The summed E-state index contributed by atoms with van der Waals surface area (Å²) in [5.41, 5.74) is 1.40. The largest absolute Gasteiger partial charge is 0.435 e. The van der Waals surface area contributed by atoms with Crippen LogP contribution in [0.4, 0.5) is 18.0 Å². The van der Waals surface area contributed by atoms with Crippen LogP contribution in [0, 0.1) is 5.82 Å². The zero-order valence-electron chi connectivity index (χ0n) is 14.2. The maximum absolute atomic E-state index is 12.8. The van der Waals surface area contributed by atoms with E-state index in [9.17, 15) is 22.8 Å². The standard InChI is InChI=1S/C18H18F3N3O3/c19-14-5-1-12(2-6-14)10-23-18(26)24-11-16(25)22-9-13-3-7-15(8-4-13)27-17(20)21/h1-8,17H,9-11H2,(H,22,25)(H2,23,24,26). The lowest BCUT2D eigenvalue weighted by molar-refractivity contribution is -0.120. The Morgan fingerprint density at radius 3 is 2.00 bits per heavy atom. The van der Waals surface area contributed by atoms with E-state index in [1.807, 2.05) is 0 Å². The molecule has 0 aliphatic heterocycles. The highest BCUT2D eigenvalue weighted by molar-refractivity contribution is 5.83. The number of carbonyl (C=O) groups is 2. The molecule has 3 amide bonds. The number of alkyl halides is 2. The molecule has 2 rings (SSSR count). The van der Waals surface area contributed by atoms with Gasteiger partial charge in [-0.05, 0) is 35.4 Å². The first-order valence-corrected chi connectivity index (χ1v) is 7.99. The summed E-state index contributed by atoms with van der Waals surface area (Å²) >= 11 is 0. The maximum atomic E-state index is 12.8. The molecule has 0 saturated heterocycles. The summed E-state index contributed by atoms with van der Waals surface area (Å²) in [6, 6.07) is 10.9. The third-order valence-electron chi connectivity index (χ3n) is 3.41. The highest BCUT2D eigenvalue weighted by Crippen LogP contribution is 2.14. The molecular weight excluding hydrogens is 363 g/mol. The Kier molecular flexibility index (Phi) is 7.48. The Morgan fingerprint density at radius 2 is 1.41 bits per heavy atom. The van der Waals surface area contributed by atoms with Crippen molar-refractivity contribution in [2.24, 2.45) is 0 Å². The molecule has 0 bridgehead atoms. The van der Waals surface area contributed by atoms with Crippen LogP contribution in [-0.2, 0) is 17.9 Å². The van der Waals surface area contributed by atoms with Crippen molar-refractivity contribution in [1.82, 2.24) is 16.0 Å². The van der Waals surface area contributed by atoms with Gasteiger partial charge in [0.1, 0.15) is 11.6 Å². The van der Waals surface area contributed by atoms with Gasteiger partial charge in [-0.25, -0.2) is 9.18 Å². The van der Waals surface area contributed by atoms with Crippen LogP contribution in [0.15, 0.2) is 48.5 Å². The molecule has 27 heavy (non-hydrogen) atoms. The number of amides is 3. The average Bonchev–Trinajstić information content (AvgIpc) is 2.65. The van der Waals surface area contributed by atoms with Crippen LogP contribution < -0.4 is 20.7 Å². The Labute approximate surface area is 153 Å². The van der Waals surface area contributed by atoms with Gasteiger partial charge in [-0.3, -0.25) is 4.79 Å². The third kappa shape index (κ3) is 7.68. The quantitative estimate of drug-likeness (QED) is 0.658. The molecule has 0 aliphatic rings. The first-order valence-electron chi connectivity index (χ1n) is 7.99. The van der Waals surface area contributed by atoms with Crippen LogP contribution >= 0.6 is 0 Å². The van der Waals surface area contributed by atoms with E-state index < -0.39 is 18.5 Å². The number of rotatable bonds is 8. The predicted molar refractivity (Wildman–Crippen MR) is 91.6 cm³/mol. The lowest BCUT2D eigenvalue weighted by atomic mass is 10.2. The van der Waals surface area contributed by atoms with Gasteiger partial charge in [0.25, 0.3) is 0 Å². The molecule has 0 fully saturated rings. The van der Waals surface area contributed by atoms with Gasteiger partial charge in [-0.1, -0.05) is 24.3 Å². The number of halogens is 3. The van der Waals surface area contributed by atoms with Gasteiger partial charge in [0.05, 0.1) is 6.54 Å². The Hall–Kier alpha value is -3.23. The van der Waals surface area contributed by atoms with Crippen molar-refractivity contribution in [2.75, 3.05) is 6.54 Å². The van der Waals surface area contributed by atoms with Crippen molar-refractivity contribution >= 4 is 11.9 Å². The van der Waals surface area contributed by atoms with Crippen LogP contribution in [-0.4, -0.2) is 25.1 Å². The zero-order chi connectivity index (χ0) is 19.6. The van der Waals surface area contributed by atoms with Gasteiger partial charge in [-0.2, -0.15) is 8.78 Å². The molecule has 9 heteroatoms. The number of urea groups is 1. The van der Waals surface area contributed by atoms with Gasteiger partial charge in [0.2, 0.25) is 5.91 Å². The van der Waals surface area contributed by atoms with Crippen molar-refractivity contribution in [1.29, 1.82) is 0 Å². The number of hydrogen-bond acceptors (Lipinski definition) is 3. The van der Waals surface area contributed by atoms with Crippen molar-refractivity contribution < 1.29 is 27.5 Å². The van der Waals surface area contributed by atoms with Gasteiger partial charge in [0.15, 0.2) is 0 Å². The predicted octanol–water partition coefficient (Wildman–Crippen LogP) is 2.54. The summed E-state index contributed by atoms with van der Waals surface area (Å²) in [4.78, 5) is 23.4. The van der Waals surface area contributed by atoms with E-state index >= 15 is 0 Å². The van der Waals surface area contributed by atoms with Crippen molar-refractivity contribution in [3.63, 3.8) is 0 Å². The number of ether oxygens (including phenoxy) is 1. The summed E-state index contributed by atoms with van der Waals surface area (Å²) in [5, 5.41) is 7.52. The molecule has 3 N–H and O–H groups in total. The summed E-state index contributed by atoms with van der Waals surface area (Å²) < 4.78 is 41.1. The number of benzene rings is 2. The second kappa shape index (κ2) is 10.0. The van der Waals surface area contributed by atoms with Gasteiger partial charge < -0.3 is 20.7 Å². The fraction of sp³-hybridized carbons (Fsp3) is 0.222. The molecule has 0 aliphatic carbocycles. The highest BCUT2D eigenvalue weighted by atomic mass is 19.3. The molecule has 0 heterocycles. The summed E-state index contributed by atoms with van der Waals surface area (Å²) in [6.45, 7) is -2.76. The van der Waals surface area contributed by atoms with Crippen LogP contribution in [0.2, 0.25) is 0 Å². The second-order valence-corrected chi connectivity index (χ2v) is 5.46. The lowest BCUT2D eigenvalue weighted by Gasteiger charge is -2.09. The van der Waals surface area contributed by atoms with Crippen LogP contribution in [0.3, 0.4) is 0 Å². The van der Waals surface area contributed by atoms with Crippen LogP contribution in [0.1, 0.15) is 11.1 Å². The van der Waals surface area contributed by atoms with Crippen molar-refractivity contribution in [3.05, 3.63) is 65.5 Å². The molecular formula is C18H18F3N3O3. The molecule has 0 radical (unpaired) electrons. The third-order valence-corrected chi connectivity index (χ3v) is 3.41. The minimum Gasteiger partial charge on any atom is -0.435 e. The van der Waals surface area contributed by atoms with E-state index in [2.05, 4.69) is 20.7 Å². The van der Waals surface area contributed by atoms with Crippen LogP contribution in [0.5, 0.6) is 5.75 Å². The molecule has 6 nitrogen and oxygen atoms in total. The average molecular weight is 381 g/mol. The van der Waals surface area contributed by atoms with Gasteiger partial charge in [-0.15, -0.1) is 0 Å². The minimum absolute atomic E-state index is 0.0274. The van der Waals surface area contributed by atoms with E-state index in [-0.39, 0.29) is 31.2 Å². The topological polar surface area (TPSA) is 79.5 Å². The zero-order valence-corrected chi connectivity index (χ0v) is 14.2. The first-order chi connectivity index (χ1) is 12.9. The molecule has 0 saturated carbocycles.